The normalized spacial score (nSPS) is 9.94. The topological polar surface area (TPSA) is 102 Å². The second kappa shape index (κ2) is 5.06. The molecule has 0 radical (unpaired) electrons. The molecule has 4 N–H and O–H groups in total. The van der Waals surface area contributed by atoms with Crippen molar-refractivity contribution < 1.29 is 0 Å². The molecule has 2 aromatic rings. The Morgan fingerprint density at radius 2 is 2.12 bits per heavy atom. The number of rotatable bonds is 4. The van der Waals surface area contributed by atoms with Gasteiger partial charge in [0.1, 0.15) is 18.0 Å². The summed E-state index contributed by atoms with van der Waals surface area (Å²) < 4.78 is 0. The lowest BCUT2D eigenvalue weighted by Crippen LogP contribution is -2.07. The third kappa shape index (κ3) is 3.00. The van der Waals surface area contributed by atoms with Gasteiger partial charge in [-0.05, 0) is 6.07 Å². The zero-order valence-electron chi connectivity index (χ0n) is 9.38. The Labute approximate surface area is 98.5 Å². The van der Waals surface area contributed by atoms with Crippen LogP contribution in [0.3, 0.4) is 0 Å². The van der Waals surface area contributed by atoms with Gasteiger partial charge in [-0.3, -0.25) is 0 Å². The molecule has 0 unspecified atom stereocenters. The first kappa shape index (κ1) is 11.1. The van der Waals surface area contributed by atoms with E-state index in [9.17, 15) is 0 Å². The molecule has 0 atom stereocenters. The molecule has 2 rings (SSSR count). The van der Waals surface area contributed by atoms with Crippen LogP contribution in [0.1, 0.15) is 5.69 Å². The Morgan fingerprint density at radius 3 is 2.82 bits per heavy atom. The van der Waals surface area contributed by atoms with Crippen LogP contribution in [0, 0.1) is 0 Å². The fourth-order valence-corrected chi connectivity index (χ4v) is 1.29. The summed E-state index contributed by atoms with van der Waals surface area (Å²) in [5.74, 6) is 1.55. The number of nitrogens with zero attached hydrogens (tertiary/aromatic N) is 4. The van der Waals surface area contributed by atoms with Crippen molar-refractivity contribution >= 4 is 17.6 Å². The highest BCUT2D eigenvalue weighted by molar-refractivity contribution is 5.50. The molecule has 7 nitrogen and oxygen atoms in total. The van der Waals surface area contributed by atoms with Crippen LogP contribution in [-0.4, -0.2) is 27.0 Å². The molecule has 0 bridgehead atoms. The summed E-state index contributed by atoms with van der Waals surface area (Å²) in [6.07, 6.45) is 3.20. The molecule has 17 heavy (non-hydrogen) atoms. The molecule has 0 saturated carbocycles. The lowest BCUT2D eigenvalue weighted by molar-refractivity contribution is 0.993. The van der Waals surface area contributed by atoms with Crippen LogP contribution >= 0.6 is 0 Å². The Kier molecular flexibility index (Phi) is 3.29. The van der Waals surface area contributed by atoms with Crippen molar-refractivity contribution in [2.24, 2.45) is 0 Å². The number of nitrogen functional groups attached to an aromatic ring is 1. The van der Waals surface area contributed by atoms with Crippen LogP contribution in [0.15, 0.2) is 24.7 Å². The molecule has 0 fully saturated rings. The Bertz CT molecular complexity index is 485. The molecule has 2 aromatic heterocycles. The second-order valence-electron chi connectivity index (χ2n) is 3.30. The summed E-state index contributed by atoms with van der Waals surface area (Å²) in [4.78, 5) is 16.0. The van der Waals surface area contributed by atoms with Gasteiger partial charge in [-0.25, -0.2) is 9.97 Å². The molecule has 2 heterocycles. The first-order chi connectivity index (χ1) is 8.28. The van der Waals surface area contributed by atoms with Crippen LogP contribution in [0.4, 0.5) is 17.6 Å². The van der Waals surface area contributed by atoms with Gasteiger partial charge in [0, 0.05) is 19.3 Å². The van der Waals surface area contributed by atoms with E-state index in [4.69, 9.17) is 5.73 Å². The van der Waals surface area contributed by atoms with Gasteiger partial charge in [0.15, 0.2) is 0 Å². The summed E-state index contributed by atoms with van der Waals surface area (Å²) >= 11 is 0. The smallest absolute Gasteiger partial charge is 0.223 e. The minimum absolute atomic E-state index is 0.224. The Balaban J connectivity index is 2.06. The molecular formula is C10H13N7. The molecule has 7 heteroatoms. The van der Waals surface area contributed by atoms with E-state index in [2.05, 4.69) is 30.6 Å². The van der Waals surface area contributed by atoms with E-state index in [1.165, 1.54) is 6.33 Å². The third-order valence-corrected chi connectivity index (χ3v) is 2.09. The summed E-state index contributed by atoms with van der Waals surface area (Å²) in [5.41, 5.74) is 6.45. The molecule has 88 valence electrons. The van der Waals surface area contributed by atoms with E-state index in [0.717, 1.165) is 5.69 Å². The van der Waals surface area contributed by atoms with E-state index >= 15 is 0 Å². The van der Waals surface area contributed by atoms with Crippen molar-refractivity contribution in [3.63, 3.8) is 0 Å². The monoisotopic (exact) mass is 231 g/mol. The van der Waals surface area contributed by atoms with Crippen molar-refractivity contribution in [3.8, 4) is 0 Å². The number of anilines is 3. The van der Waals surface area contributed by atoms with E-state index < -0.39 is 0 Å². The van der Waals surface area contributed by atoms with E-state index in [0.29, 0.717) is 18.2 Å². The van der Waals surface area contributed by atoms with Gasteiger partial charge in [0.25, 0.3) is 0 Å². The third-order valence-electron chi connectivity index (χ3n) is 2.09. The number of hydrogen-bond donors (Lipinski definition) is 3. The van der Waals surface area contributed by atoms with E-state index in [1.54, 1.807) is 19.3 Å². The Morgan fingerprint density at radius 1 is 1.29 bits per heavy atom. The van der Waals surface area contributed by atoms with E-state index in [1.807, 2.05) is 6.07 Å². The van der Waals surface area contributed by atoms with Gasteiger partial charge in [0.05, 0.1) is 12.2 Å². The number of aromatic nitrogens is 4. The standard InChI is InChI=1S/C10H13N7/c1-12-8-4-9(17-10(11)16-8)14-5-7-2-3-13-6-15-7/h2-4,6H,5H2,1H3,(H4,11,12,14,16,17). The highest BCUT2D eigenvalue weighted by atomic mass is 15.1. The summed E-state index contributed by atoms with van der Waals surface area (Å²) in [5, 5.41) is 6.02. The molecule has 0 saturated heterocycles. The van der Waals surface area contributed by atoms with Crippen molar-refractivity contribution in [1.29, 1.82) is 0 Å². The molecule has 0 spiro atoms. The van der Waals surface area contributed by atoms with Crippen LogP contribution in [0.25, 0.3) is 0 Å². The lowest BCUT2D eigenvalue weighted by atomic mass is 10.4. The molecule has 0 aromatic carbocycles. The zero-order chi connectivity index (χ0) is 12.1. The summed E-state index contributed by atoms with van der Waals surface area (Å²) in [7, 11) is 1.77. The average molecular weight is 231 g/mol. The summed E-state index contributed by atoms with van der Waals surface area (Å²) in [6, 6.07) is 3.61. The molecule has 0 aliphatic heterocycles. The van der Waals surface area contributed by atoms with E-state index in [-0.39, 0.29) is 5.95 Å². The van der Waals surface area contributed by atoms with Gasteiger partial charge in [-0.2, -0.15) is 9.97 Å². The summed E-state index contributed by atoms with van der Waals surface area (Å²) in [6.45, 7) is 0.558. The van der Waals surface area contributed by atoms with Crippen molar-refractivity contribution in [1.82, 2.24) is 19.9 Å². The van der Waals surface area contributed by atoms with Crippen molar-refractivity contribution in [3.05, 3.63) is 30.4 Å². The van der Waals surface area contributed by atoms with Gasteiger partial charge in [0.2, 0.25) is 5.95 Å². The maximum absolute atomic E-state index is 5.58. The number of nitrogens with two attached hydrogens (primary N) is 1. The SMILES string of the molecule is CNc1cc(NCc2ccncn2)nc(N)n1. The molecule has 0 amide bonds. The molecular weight excluding hydrogens is 218 g/mol. The highest BCUT2D eigenvalue weighted by Crippen LogP contribution is 2.12. The van der Waals surface area contributed by atoms with Crippen LogP contribution < -0.4 is 16.4 Å². The van der Waals surface area contributed by atoms with Gasteiger partial charge < -0.3 is 16.4 Å². The van der Waals surface area contributed by atoms with Gasteiger partial charge in [-0.15, -0.1) is 0 Å². The minimum Gasteiger partial charge on any atom is -0.373 e. The van der Waals surface area contributed by atoms with Crippen molar-refractivity contribution in [2.75, 3.05) is 23.4 Å². The highest BCUT2D eigenvalue weighted by Gasteiger charge is 2.01. The largest absolute Gasteiger partial charge is 0.373 e. The predicted molar refractivity (Wildman–Crippen MR) is 65.3 cm³/mol. The zero-order valence-corrected chi connectivity index (χ0v) is 9.38. The first-order valence-corrected chi connectivity index (χ1v) is 5.09. The van der Waals surface area contributed by atoms with Gasteiger partial charge in [-0.1, -0.05) is 0 Å². The van der Waals surface area contributed by atoms with Crippen LogP contribution in [0.5, 0.6) is 0 Å². The van der Waals surface area contributed by atoms with Crippen molar-refractivity contribution in [2.45, 2.75) is 6.54 Å². The maximum Gasteiger partial charge on any atom is 0.223 e. The minimum atomic E-state index is 0.224. The first-order valence-electron chi connectivity index (χ1n) is 5.09. The van der Waals surface area contributed by atoms with Crippen LogP contribution in [0.2, 0.25) is 0 Å². The lowest BCUT2D eigenvalue weighted by Gasteiger charge is -2.07. The van der Waals surface area contributed by atoms with Gasteiger partial charge >= 0.3 is 0 Å². The fourth-order valence-electron chi connectivity index (χ4n) is 1.29. The Hall–Kier alpha value is -2.44. The predicted octanol–water partition coefficient (Wildman–Crippen LogP) is 0.503. The molecule has 0 aliphatic rings. The molecule has 0 aliphatic carbocycles. The fraction of sp³-hybridized carbons (Fsp3) is 0.200. The number of hydrogen-bond acceptors (Lipinski definition) is 7. The average Bonchev–Trinajstić information content (AvgIpc) is 2.37. The number of nitrogens with one attached hydrogen (secondary N) is 2. The quantitative estimate of drug-likeness (QED) is 0.704. The maximum atomic E-state index is 5.58. The second-order valence-corrected chi connectivity index (χ2v) is 3.30. The van der Waals surface area contributed by atoms with Crippen LogP contribution in [-0.2, 0) is 6.54 Å².